The van der Waals surface area contributed by atoms with Crippen molar-refractivity contribution in [2.75, 3.05) is 0 Å². The molecule has 22 heavy (non-hydrogen) atoms. The lowest BCUT2D eigenvalue weighted by atomic mass is 10.2. The zero-order chi connectivity index (χ0) is 15.8. The summed E-state index contributed by atoms with van der Waals surface area (Å²) in [5.41, 5.74) is 7.10. The van der Waals surface area contributed by atoms with Crippen molar-refractivity contribution in [1.82, 2.24) is 5.32 Å². The Balaban J connectivity index is 1.79. The van der Waals surface area contributed by atoms with Gasteiger partial charge in [-0.05, 0) is 23.3 Å². The molecule has 0 aliphatic carbocycles. The number of benzene rings is 2. The van der Waals surface area contributed by atoms with Crippen LogP contribution in [0.4, 0.5) is 9.18 Å². The molecule has 6 heteroatoms. The molecule has 0 spiro atoms. The van der Waals surface area contributed by atoms with Gasteiger partial charge >= 0.3 is 6.09 Å². The lowest BCUT2D eigenvalue weighted by Crippen LogP contribution is -2.37. The number of hydrogen-bond donors (Lipinski definition) is 2. The van der Waals surface area contributed by atoms with E-state index in [2.05, 4.69) is 10.3 Å². The highest BCUT2D eigenvalue weighted by Gasteiger charge is 2.04. The van der Waals surface area contributed by atoms with Gasteiger partial charge in [0.15, 0.2) is 5.96 Å². The Kier molecular flexibility index (Phi) is 5.48. The summed E-state index contributed by atoms with van der Waals surface area (Å²) in [6.07, 6.45) is -0.690. The van der Waals surface area contributed by atoms with Crippen LogP contribution in [-0.2, 0) is 17.9 Å². The van der Waals surface area contributed by atoms with Gasteiger partial charge in [0, 0.05) is 0 Å². The maximum absolute atomic E-state index is 13.0. The van der Waals surface area contributed by atoms with Crippen LogP contribution < -0.4 is 11.1 Å². The monoisotopic (exact) mass is 301 g/mol. The number of amides is 1. The van der Waals surface area contributed by atoms with E-state index in [9.17, 15) is 9.18 Å². The molecular weight excluding hydrogens is 285 g/mol. The van der Waals surface area contributed by atoms with E-state index in [0.29, 0.717) is 5.56 Å². The standard InChI is InChI=1S/C16H16FN3O2/c17-14-8-4-7-13(9-14)10-19-15(18)20-16(21)22-11-12-5-2-1-3-6-12/h1-9H,10-11H2,(H3,18,19,20,21). The average Bonchev–Trinajstić information content (AvgIpc) is 2.52. The quantitative estimate of drug-likeness (QED) is 0.673. The number of halogens is 1. The fourth-order valence-electron chi connectivity index (χ4n) is 1.72. The Morgan fingerprint density at radius 3 is 2.59 bits per heavy atom. The Morgan fingerprint density at radius 1 is 1.14 bits per heavy atom. The van der Waals surface area contributed by atoms with Crippen molar-refractivity contribution in [3.05, 3.63) is 71.5 Å². The van der Waals surface area contributed by atoms with Gasteiger partial charge in [-0.15, -0.1) is 0 Å². The number of ether oxygens (including phenoxy) is 1. The number of carbonyl (C=O) groups excluding carboxylic acids is 1. The molecule has 0 saturated carbocycles. The number of guanidine groups is 1. The Morgan fingerprint density at radius 2 is 1.86 bits per heavy atom. The lowest BCUT2D eigenvalue weighted by Gasteiger charge is -2.06. The molecule has 1 amide bonds. The third kappa shape index (κ3) is 5.24. The highest BCUT2D eigenvalue weighted by Crippen LogP contribution is 2.04. The number of alkyl carbamates (subject to hydrolysis) is 1. The molecule has 3 N–H and O–H groups in total. The maximum Gasteiger partial charge on any atom is 0.414 e. The minimum Gasteiger partial charge on any atom is -0.444 e. The predicted octanol–water partition coefficient (Wildman–Crippen LogP) is 2.57. The number of nitrogens with one attached hydrogen (secondary N) is 1. The summed E-state index contributed by atoms with van der Waals surface area (Å²) in [5.74, 6) is -0.427. The third-order valence-electron chi connectivity index (χ3n) is 2.76. The molecular formula is C16H16FN3O2. The highest BCUT2D eigenvalue weighted by molar-refractivity contribution is 5.92. The van der Waals surface area contributed by atoms with E-state index in [-0.39, 0.29) is 24.9 Å². The van der Waals surface area contributed by atoms with E-state index in [1.807, 2.05) is 30.3 Å². The van der Waals surface area contributed by atoms with Gasteiger partial charge in [-0.2, -0.15) is 0 Å². The van der Waals surface area contributed by atoms with Crippen LogP contribution in [0.15, 0.2) is 59.6 Å². The number of aliphatic imine (C=N–C) groups is 1. The van der Waals surface area contributed by atoms with Gasteiger partial charge in [-0.3, -0.25) is 5.32 Å². The largest absolute Gasteiger partial charge is 0.444 e. The molecule has 0 bridgehead atoms. The molecule has 5 nitrogen and oxygen atoms in total. The number of hydrogen-bond acceptors (Lipinski definition) is 3. The Hall–Kier alpha value is -2.89. The zero-order valence-corrected chi connectivity index (χ0v) is 11.8. The van der Waals surface area contributed by atoms with Gasteiger partial charge in [0.25, 0.3) is 0 Å². The van der Waals surface area contributed by atoms with E-state index in [1.54, 1.807) is 12.1 Å². The van der Waals surface area contributed by atoms with Crippen LogP contribution in [0.3, 0.4) is 0 Å². The van der Waals surface area contributed by atoms with Crippen molar-refractivity contribution in [2.45, 2.75) is 13.2 Å². The normalized spacial score (nSPS) is 11.0. The van der Waals surface area contributed by atoms with Crippen LogP contribution in [-0.4, -0.2) is 12.1 Å². The van der Waals surface area contributed by atoms with Crippen LogP contribution in [0.1, 0.15) is 11.1 Å². The second kappa shape index (κ2) is 7.78. The fraction of sp³-hybridized carbons (Fsp3) is 0.125. The zero-order valence-electron chi connectivity index (χ0n) is 11.8. The summed E-state index contributed by atoms with van der Waals surface area (Å²) in [5, 5.41) is 2.31. The lowest BCUT2D eigenvalue weighted by molar-refractivity contribution is 0.145. The maximum atomic E-state index is 13.0. The molecule has 0 aromatic heterocycles. The minimum absolute atomic E-state index is 0.0812. The van der Waals surface area contributed by atoms with Crippen molar-refractivity contribution >= 4 is 12.1 Å². The van der Waals surface area contributed by atoms with Crippen molar-refractivity contribution < 1.29 is 13.9 Å². The van der Waals surface area contributed by atoms with Crippen molar-refractivity contribution in [3.8, 4) is 0 Å². The van der Waals surface area contributed by atoms with E-state index in [1.165, 1.54) is 12.1 Å². The number of carbonyl (C=O) groups is 1. The fourth-order valence-corrected chi connectivity index (χ4v) is 1.72. The summed E-state index contributed by atoms with van der Waals surface area (Å²) in [4.78, 5) is 15.5. The van der Waals surface area contributed by atoms with Gasteiger partial charge < -0.3 is 10.5 Å². The minimum atomic E-state index is -0.690. The molecule has 0 unspecified atom stereocenters. The van der Waals surface area contributed by atoms with Crippen molar-refractivity contribution in [2.24, 2.45) is 10.7 Å². The number of nitrogens with zero attached hydrogens (tertiary/aromatic N) is 1. The molecule has 114 valence electrons. The van der Waals surface area contributed by atoms with Gasteiger partial charge in [-0.1, -0.05) is 42.5 Å². The first-order chi connectivity index (χ1) is 10.6. The SMILES string of the molecule is NC(=NCc1cccc(F)c1)NC(=O)OCc1ccccc1. The van der Waals surface area contributed by atoms with Crippen LogP contribution >= 0.6 is 0 Å². The molecule has 0 aliphatic rings. The molecule has 0 heterocycles. The van der Waals surface area contributed by atoms with E-state index < -0.39 is 6.09 Å². The second-order valence-electron chi connectivity index (χ2n) is 4.52. The Labute approximate surface area is 127 Å². The predicted molar refractivity (Wildman–Crippen MR) is 81.5 cm³/mol. The van der Waals surface area contributed by atoms with Crippen LogP contribution in [0.5, 0.6) is 0 Å². The summed E-state index contributed by atoms with van der Waals surface area (Å²) in [6.45, 7) is 0.312. The van der Waals surface area contributed by atoms with Crippen LogP contribution in [0.25, 0.3) is 0 Å². The molecule has 0 saturated heterocycles. The Bertz CT molecular complexity index is 659. The molecule has 0 radical (unpaired) electrons. The van der Waals surface area contributed by atoms with E-state index in [0.717, 1.165) is 5.56 Å². The summed E-state index contributed by atoms with van der Waals surface area (Å²) in [7, 11) is 0. The van der Waals surface area contributed by atoms with Crippen molar-refractivity contribution in [3.63, 3.8) is 0 Å². The summed E-state index contributed by atoms with van der Waals surface area (Å²) >= 11 is 0. The van der Waals surface area contributed by atoms with Gasteiger partial charge in [0.2, 0.25) is 0 Å². The number of rotatable bonds is 4. The molecule has 2 aromatic rings. The first kappa shape index (κ1) is 15.5. The average molecular weight is 301 g/mol. The molecule has 2 aromatic carbocycles. The van der Waals surface area contributed by atoms with Crippen LogP contribution in [0, 0.1) is 5.82 Å². The summed E-state index contributed by atoms with van der Waals surface area (Å²) < 4.78 is 18.0. The van der Waals surface area contributed by atoms with Crippen LogP contribution in [0.2, 0.25) is 0 Å². The van der Waals surface area contributed by atoms with E-state index >= 15 is 0 Å². The molecule has 0 aliphatic heterocycles. The second-order valence-corrected chi connectivity index (χ2v) is 4.52. The van der Waals surface area contributed by atoms with Gasteiger partial charge in [0.1, 0.15) is 12.4 Å². The van der Waals surface area contributed by atoms with Gasteiger partial charge in [0.05, 0.1) is 6.54 Å². The third-order valence-corrected chi connectivity index (χ3v) is 2.76. The topological polar surface area (TPSA) is 76.7 Å². The van der Waals surface area contributed by atoms with E-state index in [4.69, 9.17) is 10.5 Å². The molecule has 2 rings (SSSR count). The first-order valence-corrected chi connectivity index (χ1v) is 6.65. The molecule has 0 atom stereocenters. The van der Waals surface area contributed by atoms with Gasteiger partial charge in [-0.25, -0.2) is 14.2 Å². The highest BCUT2D eigenvalue weighted by atomic mass is 19.1. The smallest absolute Gasteiger partial charge is 0.414 e. The first-order valence-electron chi connectivity index (χ1n) is 6.65. The number of nitrogens with two attached hydrogens (primary N) is 1. The van der Waals surface area contributed by atoms with Crippen molar-refractivity contribution in [1.29, 1.82) is 0 Å². The molecule has 0 fully saturated rings. The summed E-state index contributed by atoms with van der Waals surface area (Å²) in [6, 6.07) is 15.3.